The van der Waals surface area contributed by atoms with E-state index in [9.17, 15) is 18.7 Å². The quantitative estimate of drug-likeness (QED) is 0.187. The summed E-state index contributed by atoms with van der Waals surface area (Å²) in [6.07, 6.45) is 4.80. The number of H-pyrrole nitrogens is 2. The van der Waals surface area contributed by atoms with Gasteiger partial charge in [-0.2, -0.15) is 0 Å². The van der Waals surface area contributed by atoms with Crippen molar-refractivity contribution in [3.05, 3.63) is 100.0 Å². The van der Waals surface area contributed by atoms with Crippen LogP contribution in [0.3, 0.4) is 0 Å². The third-order valence-electron chi connectivity index (χ3n) is 6.62. The van der Waals surface area contributed by atoms with Crippen LogP contribution >= 0.6 is 11.6 Å². The van der Waals surface area contributed by atoms with E-state index in [4.69, 9.17) is 16.3 Å². The molecule has 0 saturated carbocycles. The van der Waals surface area contributed by atoms with Gasteiger partial charge in [0.2, 0.25) is 0 Å². The number of nitrogens with zero attached hydrogens (tertiary/aromatic N) is 1. The van der Waals surface area contributed by atoms with E-state index in [0.29, 0.717) is 45.6 Å². The maximum atomic E-state index is 14.9. The van der Waals surface area contributed by atoms with Gasteiger partial charge in [-0.1, -0.05) is 35.9 Å². The second kappa shape index (κ2) is 10.0. The van der Waals surface area contributed by atoms with Gasteiger partial charge in [0.05, 0.1) is 28.0 Å². The lowest BCUT2D eigenvalue weighted by molar-refractivity contribution is -0.107. The van der Waals surface area contributed by atoms with Gasteiger partial charge in [0.25, 0.3) is 0 Å². The Bertz CT molecular complexity index is 1660. The third kappa shape index (κ3) is 4.68. The highest BCUT2D eigenvalue weighted by Crippen LogP contribution is 2.38. The normalized spacial score (nSPS) is 13.0. The van der Waals surface area contributed by atoms with Crippen molar-refractivity contribution in [2.45, 2.75) is 32.3 Å². The van der Waals surface area contributed by atoms with E-state index >= 15 is 0 Å². The van der Waals surface area contributed by atoms with Crippen LogP contribution in [-0.2, 0) is 16.8 Å². The molecule has 5 aromatic rings. The first-order valence-electron chi connectivity index (χ1n) is 11.9. The molecule has 1 unspecified atom stereocenters. The highest BCUT2D eigenvalue weighted by Gasteiger charge is 2.29. The molecule has 38 heavy (non-hydrogen) atoms. The summed E-state index contributed by atoms with van der Waals surface area (Å²) in [6, 6.07) is 12.6. The van der Waals surface area contributed by atoms with Crippen LogP contribution in [0.25, 0.3) is 22.3 Å². The number of hydrogen-bond acceptors (Lipinski definition) is 4. The van der Waals surface area contributed by atoms with Crippen molar-refractivity contribution in [3.8, 4) is 22.9 Å². The van der Waals surface area contributed by atoms with Gasteiger partial charge in [0.15, 0.2) is 11.6 Å². The Labute approximate surface area is 222 Å². The van der Waals surface area contributed by atoms with Gasteiger partial charge in [0, 0.05) is 29.6 Å². The SMILES string of the molecule is Cc1c(Oc2ccc(F)c(-c3ncc(C(C)(O)c4cccc(CCC=O)c4)[nH]3)c2)c(F)cc2[nH]cc(Cl)c12. The number of aliphatic hydroxyl groups is 1. The minimum absolute atomic E-state index is 0.0194. The van der Waals surface area contributed by atoms with Crippen molar-refractivity contribution in [2.24, 2.45) is 0 Å². The number of benzene rings is 3. The molecule has 2 heterocycles. The molecule has 0 aliphatic heterocycles. The maximum absolute atomic E-state index is 14.9. The molecule has 0 saturated heterocycles. The van der Waals surface area contributed by atoms with Crippen molar-refractivity contribution in [2.75, 3.05) is 0 Å². The Hall–Kier alpha value is -4.01. The fourth-order valence-electron chi connectivity index (χ4n) is 4.50. The Balaban J connectivity index is 1.46. The van der Waals surface area contributed by atoms with Gasteiger partial charge in [-0.05, 0) is 49.6 Å². The van der Waals surface area contributed by atoms with E-state index in [0.717, 1.165) is 11.8 Å². The number of aromatic nitrogens is 3. The number of rotatable bonds is 8. The number of hydrogen-bond donors (Lipinski definition) is 3. The number of nitrogens with one attached hydrogen (secondary N) is 2. The smallest absolute Gasteiger partial charge is 0.168 e. The van der Waals surface area contributed by atoms with Crippen LogP contribution in [0.5, 0.6) is 11.5 Å². The number of aromatic amines is 2. The summed E-state index contributed by atoms with van der Waals surface area (Å²) in [5.74, 6) is -0.820. The van der Waals surface area contributed by atoms with E-state index in [1.807, 2.05) is 12.1 Å². The Morgan fingerprint density at radius 1 is 1.16 bits per heavy atom. The zero-order valence-electron chi connectivity index (χ0n) is 20.6. The highest BCUT2D eigenvalue weighted by molar-refractivity contribution is 6.35. The number of imidazole rings is 1. The average molecular weight is 536 g/mol. The summed E-state index contributed by atoms with van der Waals surface area (Å²) in [5.41, 5.74) is 1.53. The monoisotopic (exact) mass is 535 g/mol. The molecular formula is C29H24ClF2N3O3. The lowest BCUT2D eigenvalue weighted by atomic mass is 9.91. The number of carbonyl (C=O) groups excluding carboxylic acids is 1. The van der Waals surface area contributed by atoms with Crippen molar-refractivity contribution in [1.29, 1.82) is 0 Å². The molecule has 0 spiro atoms. The van der Waals surface area contributed by atoms with Gasteiger partial charge < -0.3 is 24.6 Å². The van der Waals surface area contributed by atoms with Crippen molar-refractivity contribution >= 4 is 28.8 Å². The van der Waals surface area contributed by atoms with Crippen molar-refractivity contribution in [3.63, 3.8) is 0 Å². The van der Waals surface area contributed by atoms with Crippen LogP contribution in [0.2, 0.25) is 5.02 Å². The van der Waals surface area contributed by atoms with E-state index < -0.39 is 17.2 Å². The van der Waals surface area contributed by atoms with Gasteiger partial charge in [-0.25, -0.2) is 13.8 Å². The fraction of sp³-hybridized carbons (Fsp3) is 0.172. The fourth-order valence-corrected chi connectivity index (χ4v) is 4.80. The average Bonchev–Trinajstić information content (AvgIpc) is 3.54. The van der Waals surface area contributed by atoms with E-state index in [1.165, 1.54) is 30.5 Å². The Morgan fingerprint density at radius 3 is 2.76 bits per heavy atom. The first-order chi connectivity index (χ1) is 18.2. The first kappa shape index (κ1) is 25.6. The van der Waals surface area contributed by atoms with Crippen LogP contribution in [0, 0.1) is 18.6 Å². The predicted octanol–water partition coefficient (Wildman–Crippen LogP) is 6.98. The summed E-state index contributed by atoms with van der Waals surface area (Å²) in [7, 11) is 0. The maximum Gasteiger partial charge on any atom is 0.168 e. The molecule has 0 amide bonds. The summed E-state index contributed by atoms with van der Waals surface area (Å²) in [4.78, 5) is 20.9. The van der Waals surface area contributed by atoms with Crippen LogP contribution < -0.4 is 4.74 Å². The van der Waals surface area contributed by atoms with Gasteiger partial charge in [-0.15, -0.1) is 0 Å². The van der Waals surface area contributed by atoms with E-state index in [-0.39, 0.29) is 22.9 Å². The second-order valence-electron chi connectivity index (χ2n) is 9.24. The minimum atomic E-state index is -1.46. The van der Waals surface area contributed by atoms with Crippen LogP contribution in [-0.4, -0.2) is 26.3 Å². The molecule has 9 heteroatoms. The van der Waals surface area contributed by atoms with E-state index in [1.54, 1.807) is 32.2 Å². The minimum Gasteiger partial charge on any atom is -0.454 e. The molecule has 1 atom stereocenters. The first-order valence-corrected chi connectivity index (χ1v) is 12.3. The molecule has 0 aliphatic carbocycles. The summed E-state index contributed by atoms with van der Waals surface area (Å²) in [6.45, 7) is 3.30. The summed E-state index contributed by atoms with van der Waals surface area (Å²) in [5, 5.41) is 12.4. The number of halogens is 3. The Kier molecular flexibility index (Phi) is 6.77. The molecule has 3 aromatic carbocycles. The van der Waals surface area contributed by atoms with Crippen molar-refractivity contribution < 1.29 is 23.4 Å². The van der Waals surface area contributed by atoms with Crippen LogP contribution in [0.4, 0.5) is 8.78 Å². The number of aldehydes is 1. The van der Waals surface area contributed by atoms with Gasteiger partial charge in [-0.3, -0.25) is 0 Å². The molecule has 2 aromatic heterocycles. The number of fused-ring (bicyclic) bond motifs is 1. The lowest BCUT2D eigenvalue weighted by Crippen LogP contribution is -2.23. The lowest BCUT2D eigenvalue weighted by Gasteiger charge is -2.23. The second-order valence-corrected chi connectivity index (χ2v) is 9.65. The summed E-state index contributed by atoms with van der Waals surface area (Å²) >= 11 is 6.24. The topological polar surface area (TPSA) is 91.0 Å². The predicted molar refractivity (Wildman–Crippen MR) is 142 cm³/mol. The standard InChI is InChI=1S/C29H24ClF2N3O3/c1-16-26-21(30)14-33-24(26)13-23(32)27(16)38-19-8-9-22(31)20(12-19)28-34-15-25(35-28)29(2,37)18-7-3-5-17(11-18)6-4-10-36/h3,5,7-15,33,37H,4,6H2,1-2H3,(H,34,35). The molecule has 3 N–H and O–H groups in total. The summed E-state index contributed by atoms with van der Waals surface area (Å²) < 4.78 is 35.6. The molecule has 0 bridgehead atoms. The molecule has 0 radical (unpaired) electrons. The molecule has 6 nitrogen and oxygen atoms in total. The number of aryl methyl sites for hydroxylation is 2. The Morgan fingerprint density at radius 2 is 1.97 bits per heavy atom. The van der Waals surface area contributed by atoms with Gasteiger partial charge >= 0.3 is 0 Å². The van der Waals surface area contributed by atoms with Gasteiger partial charge in [0.1, 0.15) is 29.3 Å². The zero-order valence-corrected chi connectivity index (χ0v) is 21.4. The third-order valence-corrected chi connectivity index (χ3v) is 6.92. The molecule has 0 fully saturated rings. The van der Waals surface area contributed by atoms with Crippen molar-refractivity contribution in [1.82, 2.24) is 15.0 Å². The highest BCUT2D eigenvalue weighted by atomic mass is 35.5. The largest absolute Gasteiger partial charge is 0.454 e. The molecule has 5 rings (SSSR count). The van der Waals surface area contributed by atoms with Crippen LogP contribution in [0.1, 0.15) is 35.7 Å². The molecule has 194 valence electrons. The molecular weight excluding hydrogens is 512 g/mol. The number of ether oxygens (including phenoxy) is 1. The molecule has 0 aliphatic rings. The van der Waals surface area contributed by atoms with Crippen LogP contribution in [0.15, 0.2) is 60.9 Å². The number of carbonyl (C=O) groups is 1. The van der Waals surface area contributed by atoms with E-state index in [2.05, 4.69) is 15.0 Å². The zero-order chi connectivity index (χ0) is 27.0.